The van der Waals surface area contributed by atoms with Gasteiger partial charge in [-0.2, -0.15) is 0 Å². The lowest BCUT2D eigenvalue weighted by Crippen LogP contribution is -2.27. The number of hydrogen-bond donors (Lipinski definition) is 2. The topological polar surface area (TPSA) is 66.0 Å². The van der Waals surface area contributed by atoms with Gasteiger partial charge in [-0.25, -0.2) is 28.1 Å². The number of nitrogens with zero attached hydrogens (tertiary/aromatic N) is 4. The number of thiazole rings is 1. The van der Waals surface area contributed by atoms with Crippen LogP contribution in [0, 0.1) is 12.7 Å². The molecule has 0 bridgehead atoms. The van der Waals surface area contributed by atoms with Gasteiger partial charge in [-0.05, 0) is 37.2 Å². The molecule has 4 aromatic rings. The molecule has 1 aliphatic heterocycles. The average molecular weight is 499 g/mol. The van der Waals surface area contributed by atoms with Crippen molar-refractivity contribution in [1.82, 2.24) is 20.3 Å². The first kappa shape index (κ1) is 23.5. The molecule has 0 saturated carbocycles. The standard InChI is InChI=1S/C25H25F3N6S/c1-3-29-12-18-19(34-10-9-25(27,28)14-34)7-8-21(31-18)33-22-11-17-20(13-30-22)35-24(32-17)23-15(2)5-4-6-16(23)26/h4-8,11,13,29H,3,9-10,12,14H2,1-2H3,(H,30,31,33). The maximum Gasteiger partial charge on any atom is 0.266 e. The summed E-state index contributed by atoms with van der Waals surface area (Å²) in [6.45, 7) is 5.04. The molecule has 1 aliphatic rings. The van der Waals surface area contributed by atoms with Crippen molar-refractivity contribution in [3.63, 3.8) is 0 Å². The van der Waals surface area contributed by atoms with Crippen LogP contribution in [0.4, 0.5) is 30.5 Å². The predicted octanol–water partition coefficient (Wildman–Crippen LogP) is 5.90. The zero-order chi connectivity index (χ0) is 24.6. The van der Waals surface area contributed by atoms with Crippen LogP contribution in [0.1, 0.15) is 24.6 Å². The number of alkyl halides is 2. The van der Waals surface area contributed by atoms with Gasteiger partial charge in [-0.1, -0.05) is 19.1 Å². The first-order chi connectivity index (χ1) is 16.8. The van der Waals surface area contributed by atoms with Crippen LogP contribution >= 0.6 is 11.3 Å². The summed E-state index contributed by atoms with van der Waals surface area (Å²) in [6, 6.07) is 10.4. The molecule has 5 rings (SSSR count). The van der Waals surface area contributed by atoms with Gasteiger partial charge in [0.15, 0.2) is 0 Å². The maximum absolute atomic E-state index is 14.4. The lowest BCUT2D eigenvalue weighted by molar-refractivity contribution is 0.0257. The third-order valence-corrected chi connectivity index (χ3v) is 6.99. The zero-order valence-electron chi connectivity index (χ0n) is 19.4. The van der Waals surface area contributed by atoms with Gasteiger partial charge in [0.2, 0.25) is 0 Å². The van der Waals surface area contributed by atoms with Crippen LogP contribution in [-0.4, -0.2) is 40.5 Å². The highest BCUT2D eigenvalue weighted by Gasteiger charge is 2.39. The molecule has 2 N–H and O–H groups in total. The Labute approximate surface area is 205 Å². The molecule has 1 saturated heterocycles. The van der Waals surface area contributed by atoms with Gasteiger partial charge in [0.1, 0.15) is 22.5 Å². The quantitative estimate of drug-likeness (QED) is 0.331. The van der Waals surface area contributed by atoms with Crippen molar-refractivity contribution in [3.05, 3.63) is 59.7 Å². The number of nitrogens with one attached hydrogen (secondary N) is 2. The molecule has 1 aromatic carbocycles. The normalized spacial score (nSPS) is 15.2. The Balaban J connectivity index is 1.42. The summed E-state index contributed by atoms with van der Waals surface area (Å²) in [7, 11) is 0. The maximum atomic E-state index is 14.4. The highest BCUT2D eigenvalue weighted by Crippen LogP contribution is 2.35. The summed E-state index contributed by atoms with van der Waals surface area (Å²) >= 11 is 1.39. The van der Waals surface area contributed by atoms with Gasteiger partial charge >= 0.3 is 0 Å². The van der Waals surface area contributed by atoms with Crippen LogP contribution in [0.5, 0.6) is 0 Å². The molecule has 6 nitrogen and oxygen atoms in total. The Morgan fingerprint density at radius 2 is 2.00 bits per heavy atom. The smallest absolute Gasteiger partial charge is 0.266 e. The molecular weight excluding hydrogens is 473 g/mol. The molecule has 10 heteroatoms. The Hall–Kier alpha value is -3.24. The number of hydrogen-bond acceptors (Lipinski definition) is 7. The zero-order valence-corrected chi connectivity index (χ0v) is 20.2. The van der Waals surface area contributed by atoms with E-state index in [1.807, 2.05) is 26.0 Å². The number of aryl methyl sites for hydroxylation is 1. The summed E-state index contributed by atoms with van der Waals surface area (Å²) in [5.41, 5.74) is 3.43. The molecule has 0 radical (unpaired) electrons. The molecule has 35 heavy (non-hydrogen) atoms. The van der Waals surface area contributed by atoms with Crippen molar-refractivity contribution in [1.29, 1.82) is 0 Å². The number of anilines is 3. The second-order valence-electron chi connectivity index (χ2n) is 8.58. The molecule has 0 spiro atoms. The number of halogens is 3. The van der Waals surface area contributed by atoms with Gasteiger partial charge in [-0.3, -0.25) is 0 Å². The molecule has 3 aromatic heterocycles. The molecule has 1 fully saturated rings. The van der Waals surface area contributed by atoms with Gasteiger partial charge in [0.25, 0.3) is 5.92 Å². The molecule has 0 unspecified atom stereocenters. The van der Waals surface area contributed by atoms with E-state index in [0.29, 0.717) is 52.2 Å². The van der Waals surface area contributed by atoms with Crippen LogP contribution in [-0.2, 0) is 6.54 Å². The Morgan fingerprint density at radius 3 is 2.74 bits per heavy atom. The van der Waals surface area contributed by atoms with E-state index in [1.165, 1.54) is 17.4 Å². The fraction of sp³-hybridized carbons (Fsp3) is 0.320. The number of aromatic nitrogens is 3. The van der Waals surface area contributed by atoms with Crippen LogP contribution in [0.3, 0.4) is 0 Å². The molecule has 0 atom stereocenters. The van der Waals surface area contributed by atoms with E-state index >= 15 is 0 Å². The number of fused-ring (bicyclic) bond motifs is 1. The minimum absolute atomic E-state index is 0.153. The second-order valence-corrected chi connectivity index (χ2v) is 9.61. The fourth-order valence-electron chi connectivity index (χ4n) is 4.21. The molecular formula is C25H25F3N6S. The molecule has 0 aliphatic carbocycles. The minimum atomic E-state index is -2.68. The van der Waals surface area contributed by atoms with Crippen LogP contribution in [0.25, 0.3) is 20.8 Å². The number of pyridine rings is 2. The Kier molecular flexibility index (Phi) is 6.33. The lowest BCUT2D eigenvalue weighted by atomic mass is 10.1. The third-order valence-electron chi connectivity index (χ3n) is 5.97. The van der Waals surface area contributed by atoms with Crippen molar-refractivity contribution in [2.45, 2.75) is 32.7 Å². The van der Waals surface area contributed by atoms with Gasteiger partial charge < -0.3 is 15.5 Å². The van der Waals surface area contributed by atoms with Crippen LogP contribution in [0.2, 0.25) is 0 Å². The van der Waals surface area contributed by atoms with Gasteiger partial charge in [0.05, 0.1) is 28.1 Å². The fourth-order valence-corrected chi connectivity index (χ4v) is 5.24. The Morgan fingerprint density at radius 1 is 1.14 bits per heavy atom. The van der Waals surface area contributed by atoms with Crippen molar-refractivity contribution < 1.29 is 13.2 Å². The summed E-state index contributed by atoms with van der Waals surface area (Å²) < 4.78 is 42.8. The van der Waals surface area contributed by atoms with E-state index in [2.05, 4.69) is 25.6 Å². The van der Waals surface area contributed by atoms with Gasteiger partial charge in [0, 0.05) is 37.3 Å². The Bertz CT molecular complexity index is 1350. The van der Waals surface area contributed by atoms with E-state index in [1.54, 1.807) is 29.3 Å². The highest BCUT2D eigenvalue weighted by atomic mass is 32.1. The number of benzene rings is 1. The molecule has 4 heterocycles. The highest BCUT2D eigenvalue weighted by molar-refractivity contribution is 7.21. The summed E-state index contributed by atoms with van der Waals surface area (Å²) in [5, 5.41) is 7.03. The van der Waals surface area contributed by atoms with Crippen molar-refractivity contribution in [3.8, 4) is 10.6 Å². The second kappa shape index (κ2) is 9.43. The van der Waals surface area contributed by atoms with E-state index in [-0.39, 0.29) is 18.8 Å². The van der Waals surface area contributed by atoms with Crippen molar-refractivity contribution in [2.75, 3.05) is 29.9 Å². The van der Waals surface area contributed by atoms with Gasteiger partial charge in [-0.15, -0.1) is 11.3 Å². The first-order valence-electron chi connectivity index (χ1n) is 11.5. The molecule has 0 amide bonds. The minimum Gasteiger partial charge on any atom is -0.364 e. The lowest BCUT2D eigenvalue weighted by Gasteiger charge is -2.22. The largest absolute Gasteiger partial charge is 0.364 e. The summed E-state index contributed by atoms with van der Waals surface area (Å²) in [4.78, 5) is 15.5. The molecule has 182 valence electrons. The monoisotopic (exact) mass is 498 g/mol. The SMILES string of the molecule is CCNCc1nc(Nc2cc3nc(-c4c(C)cccc4F)sc3cn2)ccc1N1CCC(F)(F)C1. The van der Waals surface area contributed by atoms with Crippen molar-refractivity contribution >= 4 is 38.9 Å². The van der Waals surface area contributed by atoms with E-state index < -0.39 is 5.92 Å². The van der Waals surface area contributed by atoms with E-state index in [9.17, 15) is 13.2 Å². The van der Waals surface area contributed by atoms with E-state index in [0.717, 1.165) is 16.8 Å². The van der Waals surface area contributed by atoms with Crippen molar-refractivity contribution in [2.24, 2.45) is 0 Å². The summed E-state index contributed by atoms with van der Waals surface area (Å²) in [6.07, 6.45) is 1.55. The van der Waals surface area contributed by atoms with E-state index in [4.69, 9.17) is 0 Å². The summed E-state index contributed by atoms with van der Waals surface area (Å²) in [5.74, 6) is -1.88. The average Bonchev–Trinajstić information content (AvgIpc) is 3.40. The predicted molar refractivity (Wildman–Crippen MR) is 134 cm³/mol. The first-order valence-corrected chi connectivity index (χ1v) is 12.3. The third kappa shape index (κ3) is 4.94. The van der Waals surface area contributed by atoms with Crippen LogP contribution < -0.4 is 15.5 Å². The van der Waals surface area contributed by atoms with Crippen LogP contribution in [0.15, 0.2) is 42.6 Å². The number of rotatable bonds is 7.